The summed E-state index contributed by atoms with van der Waals surface area (Å²) >= 11 is 4.45. The number of benzene rings is 1. The van der Waals surface area contributed by atoms with Gasteiger partial charge in [0.2, 0.25) is 0 Å². The quantitative estimate of drug-likeness (QED) is 0.812. The van der Waals surface area contributed by atoms with Gasteiger partial charge >= 0.3 is 0 Å². The van der Waals surface area contributed by atoms with Crippen molar-refractivity contribution < 1.29 is 9.18 Å². The molecule has 0 unspecified atom stereocenters. The van der Waals surface area contributed by atoms with Crippen molar-refractivity contribution in [1.29, 1.82) is 0 Å². The summed E-state index contributed by atoms with van der Waals surface area (Å²) in [5.74, 6) is -0.736. The first-order chi connectivity index (χ1) is 7.68. The zero-order valence-corrected chi connectivity index (χ0v) is 10.5. The van der Waals surface area contributed by atoms with Crippen LogP contribution in [0.5, 0.6) is 0 Å². The Bertz CT molecular complexity index is 513. The van der Waals surface area contributed by atoms with E-state index in [2.05, 4.69) is 20.9 Å². The third-order valence-corrected chi connectivity index (χ3v) is 3.46. The second-order valence-electron chi connectivity index (χ2n) is 3.17. The molecule has 0 N–H and O–H groups in total. The lowest BCUT2D eigenvalue weighted by Crippen LogP contribution is -2.05. The van der Waals surface area contributed by atoms with Crippen LogP contribution in [0.25, 0.3) is 0 Å². The summed E-state index contributed by atoms with van der Waals surface area (Å²) in [6.07, 6.45) is 1.82. The predicted octanol–water partition coefficient (Wildman–Crippen LogP) is 3.47. The highest BCUT2D eigenvalue weighted by Gasteiger charge is 2.14. The highest BCUT2D eigenvalue weighted by molar-refractivity contribution is 9.10. The lowest BCUT2D eigenvalue weighted by atomic mass is 10.1. The summed E-state index contributed by atoms with van der Waals surface area (Å²) in [4.78, 5) is 16.5. The molecular formula is C11H7BrFNOS. The smallest absolute Gasteiger partial charge is 0.171 e. The largest absolute Gasteiger partial charge is 0.294 e. The highest BCUT2D eigenvalue weighted by Crippen LogP contribution is 2.20. The van der Waals surface area contributed by atoms with Crippen molar-refractivity contribution >= 4 is 33.0 Å². The predicted molar refractivity (Wildman–Crippen MR) is 64.2 cm³/mol. The molecule has 2 aromatic rings. The summed E-state index contributed by atoms with van der Waals surface area (Å²) in [6.45, 7) is 0. The van der Waals surface area contributed by atoms with Gasteiger partial charge in [0.15, 0.2) is 5.78 Å². The van der Waals surface area contributed by atoms with Crippen LogP contribution in [0.3, 0.4) is 0 Å². The molecule has 5 heteroatoms. The molecule has 0 atom stereocenters. The molecule has 0 bridgehead atoms. The summed E-state index contributed by atoms with van der Waals surface area (Å²) < 4.78 is 13.9. The van der Waals surface area contributed by atoms with Crippen LogP contribution in [0.15, 0.2) is 34.4 Å². The van der Waals surface area contributed by atoms with Gasteiger partial charge in [0.25, 0.3) is 0 Å². The van der Waals surface area contributed by atoms with Crippen LogP contribution in [0.1, 0.15) is 15.2 Å². The first-order valence-corrected chi connectivity index (χ1v) is 6.20. The lowest BCUT2D eigenvalue weighted by molar-refractivity contribution is 0.0990. The van der Waals surface area contributed by atoms with Crippen LogP contribution in [0, 0.1) is 5.82 Å². The number of carbonyl (C=O) groups is 1. The van der Waals surface area contributed by atoms with Crippen LogP contribution in [-0.2, 0) is 6.42 Å². The second kappa shape index (κ2) is 4.84. The Hall–Kier alpha value is -1.07. The van der Waals surface area contributed by atoms with Crippen LogP contribution in [0.4, 0.5) is 4.39 Å². The molecule has 0 saturated carbocycles. The van der Waals surface area contributed by atoms with E-state index in [1.54, 1.807) is 23.8 Å². The molecule has 0 fully saturated rings. The molecule has 0 saturated heterocycles. The van der Waals surface area contributed by atoms with Gasteiger partial charge in [-0.2, -0.15) is 0 Å². The van der Waals surface area contributed by atoms with Crippen LogP contribution in [-0.4, -0.2) is 10.8 Å². The summed E-state index contributed by atoms with van der Waals surface area (Å²) in [7, 11) is 0. The van der Waals surface area contributed by atoms with Crippen molar-refractivity contribution in [2.75, 3.05) is 0 Å². The number of aromatic nitrogens is 1. The Kier molecular flexibility index (Phi) is 3.46. The maximum atomic E-state index is 13.6. The number of nitrogens with zero attached hydrogens (tertiary/aromatic N) is 1. The fraction of sp³-hybridized carbons (Fsp3) is 0.0909. The Morgan fingerprint density at radius 2 is 2.31 bits per heavy atom. The van der Waals surface area contributed by atoms with Crippen molar-refractivity contribution in [3.63, 3.8) is 0 Å². The minimum atomic E-state index is -0.503. The monoisotopic (exact) mass is 299 g/mol. The number of thiazole rings is 1. The zero-order valence-electron chi connectivity index (χ0n) is 8.11. The summed E-state index contributed by atoms with van der Waals surface area (Å²) in [5, 5.41) is 0. The number of Topliss-reactive ketones (excluding diaryl/α,β-unsaturated/α-hetero) is 1. The first-order valence-electron chi connectivity index (χ1n) is 4.53. The Labute approximate surface area is 104 Å². The summed E-state index contributed by atoms with van der Waals surface area (Å²) in [6, 6.07) is 4.70. The SMILES string of the molecule is O=C(Cc1cncs1)c1cccc(Br)c1F. The molecule has 0 amide bonds. The number of hydrogen-bond acceptors (Lipinski definition) is 3. The molecule has 0 aliphatic carbocycles. The van der Waals surface area contributed by atoms with Gasteiger partial charge in [0.05, 0.1) is 15.5 Å². The number of carbonyl (C=O) groups excluding carboxylic acids is 1. The number of rotatable bonds is 3. The van der Waals surface area contributed by atoms with E-state index in [4.69, 9.17) is 0 Å². The van der Waals surface area contributed by atoms with Gasteiger partial charge in [-0.05, 0) is 28.1 Å². The van der Waals surface area contributed by atoms with Gasteiger partial charge in [0.1, 0.15) is 5.82 Å². The van der Waals surface area contributed by atoms with E-state index in [0.29, 0.717) is 4.47 Å². The standard InChI is InChI=1S/C11H7BrFNOS/c12-9-3-1-2-8(11(9)13)10(15)4-7-5-14-6-16-7/h1-3,5-6H,4H2. The zero-order chi connectivity index (χ0) is 11.5. The maximum absolute atomic E-state index is 13.6. The van der Waals surface area contributed by atoms with E-state index >= 15 is 0 Å². The maximum Gasteiger partial charge on any atom is 0.171 e. The molecule has 2 rings (SSSR count). The topological polar surface area (TPSA) is 30.0 Å². The fourth-order valence-corrected chi connectivity index (χ4v) is 2.26. The Morgan fingerprint density at radius 3 is 3.00 bits per heavy atom. The van der Waals surface area contributed by atoms with Crippen molar-refractivity contribution in [3.05, 3.63) is 50.6 Å². The normalized spacial score (nSPS) is 10.4. The first kappa shape index (κ1) is 11.4. The van der Waals surface area contributed by atoms with Crippen molar-refractivity contribution in [3.8, 4) is 0 Å². The minimum absolute atomic E-state index is 0.114. The van der Waals surface area contributed by atoms with Crippen molar-refractivity contribution in [2.24, 2.45) is 0 Å². The van der Waals surface area contributed by atoms with E-state index in [-0.39, 0.29) is 17.8 Å². The number of halogens is 2. The molecule has 1 aromatic carbocycles. The average Bonchev–Trinajstić information content (AvgIpc) is 2.74. The molecule has 0 aliphatic rings. The molecule has 1 heterocycles. The van der Waals surface area contributed by atoms with E-state index in [0.717, 1.165) is 4.88 Å². The highest BCUT2D eigenvalue weighted by atomic mass is 79.9. The molecule has 82 valence electrons. The van der Waals surface area contributed by atoms with Gasteiger partial charge in [-0.25, -0.2) is 4.39 Å². The summed E-state index contributed by atoms with van der Waals surface area (Å²) in [5.41, 5.74) is 1.77. The Morgan fingerprint density at radius 1 is 1.50 bits per heavy atom. The molecule has 0 spiro atoms. The molecule has 0 radical (unpaired) electrons. The molecule has 0 aliphatic heterocycles. The van der Waals surface area contributed by atoms with Gasteiger partial charge < -0.3 is 0 Å². The van der Waals surface area contributed by atoms with Gasteiger partial charge in [-0.3, -0.25) is 9.78 Å². The fourth-order valence-electron chi connectivity index (χ4n) is 1.30. The Balaban J connectivity index is 2.24. The van der Waals surface area contributed by atoms with Crippen LogP contribution >= 0.6 is 27.3 Å². The molecular weight excluding hydrogens is 293 g/mol. The molecule has 16 heavy (non-hydrogen) atoms. The number of ketones is 1. The molecule has 1 aromatic heterocycles. The van der Waals surface area contributed by atoms with Gasteiger partial charge in [-0.15, -0.1) is 11.3 Å². The minimum Gasteiger partial charge on any atom is -0.294 e. The van der Waals surface area contributed by atoms with E-state index in [1.807, 2.05) is 0 Å². The van der Waals surface area contributed by atoms with Crippen molar-refractivity contribution in [1.82, 2.24) is 4.98 Å². The third kappa shape index (κ3) is 2.36. The second-order valence-corrected chi connectivity index (χ2v) is 4.99. The van der Waals surface area contributed by atoms with E-state index in [9.17, 15) is 9.18 Å². The van der Waals surface area contributed by atoms with Crippen LogP contribution in [0.2, 0.25) is 0 Å². The third-order valence-electron chi connectivity index (χ3n) is 2.07. The van der Waals surface area contributed by atoms with E-state index < -0.39 is 5.82 Å². The van der Waals surface area contributed by atoms with Crippen molar-refractivity contribution in [2.45, 2.75) is 6.42 Å². The lowest BCUT2D eigenvalue weighted by Gasteiger charge is -2.02. The van der Waals surface area contributed by atoms with E-state index in [1.165, 1.54) is 17.4 Å². The van der Waals surface area contributed by atoms with Gasteiger partial charge in [0, 0.05) is 17.5 Å². The average molecular weight is 300 g/mol. The van der Waals surface area contributed by atoms with Crippen LogP contribution < -0.4 is 0 Å². The molecule has 2 nitrogen and oxygen atoms in total. The van der Waals surface area contributed by atoms with Gasteiger partial charge in [-0.1, -0.05) is 6.07 Å². The number of hydrogen-bond donors (Lipinski definition) is 0.